The van der Waals surface area contributed by atoms with Crippen LogP contribution in [-0.4, -0.2) is 32.1 Å². The number of esters is 1. The summed E-state index contributed by atoms with van der Waals surface area (Å²) in [4.78, 5) is 26.4. The molecule has 0 saturated heterocycles. The van der Waals surface area contributed by atoms with Crippen LogP contribution in [0.25, 0.3) is 5.70 Å². The number of ether oxygens (including phenoxy) is 3. The number of carbonyl (C=O) groups is 2. The number of methoxy groups -OCH3 is 1. The summed E-state index contributed by atoms with van der Waals surface area (Å²) >= 11 is 3.55. The van der Waals surface area contributed by atoms with E-state index in [4.69, 9.17) is 20.6 Å². The zero-order valence-electron chi connectivity index (χ0n) is 18.5. The van der Waals surface area contributed by atoms with Gasteiger partial charge in [-0.05, 0) is 47.5 Å². The number of nitrogens with one attached hydrogen (secondary N) is 1. The maximum Gasteiger partial charge on any atom is 0.336 e. The molecule has 1 heterocycles. The monoisotopic (exact) mass is 507 g/mol. The largest absolute Gasteiger partial charge is 0.490 e. The number of ketones is 1. The summed E-state index contributed by atoms with van der Waals surface area (Å²) in [5, 5.41) is 3.27. The van der Waals surface area contributed by atoms with Crippen LogP contribution in [0.2, 0.25) is 0 Å². The van der Waals surface area contributed by atoms with Crippen molar-refractivity contribution in [3.05, 3.63) is 74.4 Å². The van der Waals surface area contributed by atoms with Gasteiger partial charge in [0.25, 0.3) is 0 Å². The first-order chi connectivity index (χ1) is 15.9. The van der Waals surface area contributed by atoms with Gasteiger partial charge in [0.2, 0.25) is 0 Å². The van der Waals surface area contributed by atoms with Gasteiger partial charge >= 0.3 is 5.97 Å². The van der Waals surface area contributed by atoms with Crippen LogP contribution < -0.4 is 14.8 Å². The number of carbonyl (C=O) groups excluding carboxylic acids is 2. The second kappa shape index (κ2) is 9.16. The van der Waals surface area contributed by atoms with Gasteiger partial charge in [0.1, 0.15) is 6.61 Å². The molecule has 0 aromatic heterocycles. The Morgan fingerprint density at radius 1 is 1.21 bits per heavy atom. The van der Waals surface area contributed by atoms with Gasteiger partial charge in [-0.3, -0.25) is 4.79 Å². The summed E-state index contributed by atoms with van der Waals surface area (Å²) in [5.41, 5.74) is 4.27. The van der Waals surface area contributed by atoms with E-state index in [0.717, 1.165) is 5.56 Å². The minimum atomic E-state index is -0.661. The summed E-state index contributed by atoms with van der Waals surface area (Å²) in [6, 6.07) is 11.0. The highest BCUT2D eigenvalue weighted by atomic mass is 79.9. The Labute approximate surface area is 200 Å². The van der Waals surface area contributed by atoms with E-state index in [1.54, 1.807) is 19.1 Å². The Kier molecular flexibility index (Phi) is 6.30. The maximum atomic E-state index is 13.5. The second-order valence-corrected chi connectivity index (χ2v) is 8.36. The lowest BCUT2D eigenvalue weighted by molar-refractivity contribution is -0.136. The van der Waals surface area contributed by atoms with Gasteiger partial charge in [-0.2, -0.15) is 0 Å². The SMILES string of the molecule is C#CCOc1c(Br)cc(C2C(C(=O)OC)=C(C)NC3=C2C(=O)c2ccccc23)cc1OCC. The van der Waals surface area contributed by atoms with Crippen molar-refractivity contribution >= 4 is 33.4 Å². The third-order valence-corrected chi connectivity index (χ3v) is 6.21. The molecule has 0 amide bonds. The standard InChI is InChI=1S/C26H22BrNO5/c1-5-11-33-25-18(27)12-15(13-19(25)32-6-2)21-20(26(30)31-4)14(3)28-23-16-9-7-8-10-17(16)24(29)22(21)23/h1,7-10,12-13,21,28H,6,11H2,2-4H3. The molecular formula is C26H22BrNO5. The summed E-state index contributed by atoms with van der Waals surface area (Å²) < 4.78 is 17.2. The van der Waals surface area contributed by atoms with Crippen molar-refractivity contribution in [3.8, 4) is 23.8 Å². The first kappa shape index (κ1) is 22.7. The molecule has 1 unspecified atom stereocenters. The lowest BCUT2D eigenvalue weighted by Gasteiger charge is -2.29. The van der Waals surface area contributed by atoms with Crippen molar-refractivity contribution in [2.24, 2.45) is 0 Å². The van der Waals surface area contributed by atoms with E-state index in [2.05, 4.69) is 27.2 Å². The van der Waals surface area contributed by atoms with Crippen LogP contribution in [0.1, 0.15) is 41.3 Å². The van der Waals surface area contributed by atoms with Gasteiger partial charge < -0.3 is 19.5 Å². The minimum absolute atomic E-state index is 0.0703. The molecule has 0 bridgehead atoms. The number of Topliss-reactive ketones (excluding diaryl/α,β-unsaturated/α-hetero) is 1. The molecule has 1 atom stereocenters. The predicted octanol–water partition coefficient (Wildman–Crippen LogP) is 4.60. The number of dihydropyridines is 1. The van der Waals surface area contributed by atoms with Crippen LogP contribution in [0, 0.1) is 12.3 Å². The Morgan fingerprint density at radius 3 is 2.61 bits per heavy atom. The molecule has 0 fully saturated rings. The highest BCUT2D eigenvalue weighted by Crippen LogP contribution is 2.49. The number of allylic oxidation sites excluding steroid dienone is 2. The summed E-state index contributed by atoms with van der Waals surface area (Å²) in [7, 11) is 1.33. The van der Waals surface area contributed by atoms with Crippen molar-refractivity contribution in [2.45, 2.75) is 19.8 Å². The van der Waals surface area contributed by atoms with E-state index in [1.165, 1.54) is 7.11 Å². The first-order valence-electron chi connectivity index (χ1n) is 10.4. The predicted molar refractivity (Wildman–Crippen MR) is 128 cm³/mol. The maximum absolute atomic E-state index is 13.5. The Balaban J connectivity index is 1.94. The Morgan fingerprint density at radius 2 is 1.94 bits per heavy atom. The van der Waals surface area contributed by atoms with Crippen LogP contribution in [0.5, 0.6) is 11.5 Å². The van der Waals surface area contributed by atoms with Crippen LogP contribution in [-0.2, 0) is 9.53 Å². The lowest BCUT2D eigenvalue weighted by Crippen LogP contribution is -2.29. The second-order valence-electron chi connectivity index (χ2n) is 7.51. The average Bonchev–Trinajstić information content (AvgIpc) is 3.09. The molecule has 1 aliphatic heterocycles. The number of hydrogen-bond donors (Lipinski definition) is 1. The van der Waals surface area contributed by atoms with E-state index in [-0.39, 0.29) is 12.4 Å². The van der Waals surface area contributed by atoms with Gasteiger partial charge in [-0.25, -0.2) is 4.79 Å². The fourth-order valence-corrected chi connectivity index (χ4v) is 4.89. The third-order valence-electron chi connectivity index (χ3n) is 5.62. The Hall–Kier alpha value is -3.50. The van der Waals surface area contributed by atoms with Crippen LogP contribution >= 0.6 is 15.9 Å². The topological polar surface area (TPSA) is 73.9 Å². The fourth-order valence-electron chi connectivity index (χ4n) is 4.31. The highest BCUT2D eigenvalue weighted by Gasteiger charge is 2.43. The van der Waals surface area contributed by atoms with Crippen LogP contribution in [0.15, 0.2) is 57.7 Å². The summed E-state index contributed by atoms with van der Waals surface area (Å²) in [6.07, 6.45) is 5.36. The molecule has 4 rings (SSSR count). The van der Waals surface area contributed by atoms with Crippen molar-refractivity contribution in [3.63, 3.8) is 0 Å². The number of halogens is 1. The normalized spacial score (nSPS) is 16.6. The number of benzene rings is 2. The van der Waals surface area contributed by atoms with Crippen molar-refractivity contribution in [1.82, 2.24) is 5.32 Å². The molecule has 2 aliphatic rings. The number of terminal acetylenes is 1. The van der Waals surface area contributed by atoms with Gasteiger partial charge in [0, 0.05) is 28.3 Å². The Bertz CT molecular complexity index is 1270. The lowest BCUT2D eigenvalue weighted by atomic mass is 9.79. The van der Waals surface area contributed by atoms with Gasteiger partial charge in [-0.1, -0.05) is 30.2 Å². The molecule has 1 aliphatic carbocycles. The van der Waals surface area contributed by atoms with Crippen molar-refractivity contribution < 1.29 is 23.8 Å². The van der Waals surface area contributed by atoms with E-state index < -0.39 is 11.9 Å². The van der Waals surface area contributed by atoms with Gasteiger partial charge in [0.05, 0.1) is 29.5 Å². The molecule has 6 nitrogen and oxygen atoms in total. The number of hydrogen-bond acceptors (Lipinski definition) is 6. The van der Waals surface area contributed by atoms with Crippen LogP contribution in [0.3, 0.4) is 0 Å². The molecule has 7 heteroatoms. The average molecular weight is 508 g/mol. The molecule has 168 valence electrons. The van der Waals surface area contributed by atoms with Crippen molar-refractivity contribution in [1.29, 1.82) is 0 Å². The molecule has 2 aromatic rings. The summed E-state index contributed by atoms with van der Waals surface area (Å²) in [6.45, 7) is 4.13. The molecule has 0 radical (unpaired) electrons. The zero-order valence-corrected chi connectivity index (χ0v) is 20.0. The van der Waals surface area contributed by atoms with Crippen molar-refractivity contribution in [2.75, 3.05) is 20.3 Å². The molecule has 0 saturated carbocycles. The number of fused-ring (bicyclic) bond motifs is 2. The van der Waals surface area contributed by atoms with E-state index in [0.29, 0.717) is 56.2 Å². The quantitative estimate of drug-likeness (QED) is 0.454. The molecule has 33 heavy (non-hydrogen) atoms. The van der Waals surface area contributed by atoms with E-state index >= 15 is 0 Å². The number of rotatable bonds is 6. The fraction of sp³-hybridized carbons (Fsp3) is 0.231. The first-order valence-corrected chi connectivity index (χ1v) is 11.2. The molecule has 0 spiro atoms. The highest BCUT2D eigenvalue weighted by molar-refractivity contribution is 9.10. The molecular weight excluding hydrogens is 486 g/mol. The summed E-state index contributed by atoms with van der Waals surface area (Å²) in [5.74, 6) is 2.06. The third kappa shape index (κ3) is 3.81. The van der Waals surface area contributed by atoms with Crippen LogP contribution in [0.4, 0.5) is 0 Å². The molecule has 2 aromatic carbocycles. The minimum Gasteiger partial charge on any atom is -0.490 e. The van der Waals surface area contributed by atoms with E-state index in [9.17, 15) is 9.59 Å². The smallest absolute Gasteiger partial charge is 0.336 e. The zero-order chi connectivity index (χ0) is 23.7. The van der Waals surface area contributed by atoms with Gasteiger partial charge in [0.15, 0.2) is 17.3 Å². The van der Waals surface area contributed by atoms with E-state index in [1.807, 2.05) is 31.2 Å². The van der Waals surface area contributed by atoms with Gasteiger partial charge in [-0.15, -0.1) is 6.42 Å². The molecule has 1 N–H and O–H groups in total.